The molecule has 0 N–H and O–H groups in total. The summed E-state index contributed by atoms with van der Waals surface area (Å²) in [5.41, 5.74) is 3.23. The van der Waals surface area contributed by atoms with Gasteiger partial charge in [0, 0.05) is 0 Å². The molecule has 0 rings (SSSR count). The van der Waals surface area contributed by atoms with Gasteiger partial charge in [-0.2, -0.15) is 0 Å². The Balaban J connectivity index is 4.61. The van der Waals surface area contributed by atoms with E-state index >= 15 is 0 Å². The lowest BCUT2D eigenvalue weighted by molar-refractivity contribution is 0.725. The Morgan fingerprint density at radius 2 is 1.19 bits per heavy atom. The van der Waals surface area contributed by atoms with Gasteiger partial charge in [0.2, 0.25) is 0 Å². The maximum atomic E-state index is 3.87. The van der Waals surface area contributed by atoms with Crippen LogP contribution in [0.3, 0.4) is 0 Å². The second-order valence-corrected chi connectivity index (χ2v) is 4.40. The molecule has 0 heteroatoms. The summed E-state index contributed by atoms with van der Waals surface area (Å²) in [5, 5.41) is 0. The van der Waals surface area contributed by atoms with E-state index in [1.54, 1.807) is 11.1 Å². The second-order valence-electron chi connectivity index (χ2n) is 4.40. The topological polar surface area (TPSA) is 0 Å². The van der Waals surface area contributed by atoms with E-state index in [-0.39, 0.29) is 0 Å². The molecule has 0 fully saturated rings. The Bertz CT molecular complexity index is 196. The van der Waals surface area contributed by atoms with Crippen molar-refractivity contribution in [2.24, 2.45) is 0 Å². The monoisotopic (exact) mass is 220 g/mol. The smallest absolute Gasteiger partial charge is 0.0139 e. The summed E-state index contributed by atoms with van der Waals surface area (Å²) in [4.78, 5) is 0. The summed E-state index contributed by atoms with van der Waals surface area (Å²) in [6.07, 6.45) is 13.8. The molecule has 0 nitrogen and oxygen atoms in total. The lowest BCUT2D eigenvalue weighted by Crippen LogP contribution is -1.93. The summed E-state index contributed by atoms with van der Waals surface area (Å²) in [6.45, 7) is 12.3. The van der Waals surface area contributed by atoms with Crippen molar-refractivity contribution in [3.05, 3.63) is 36.5 Å². The molecule has 0 aromatic heterocycles. The minimum absolute atomic E-state index is 1.06. The average molecular weight is 220 g/mol. The van der Waals surface area contributed by atoms with Crippen LogP contribution in [0.5, 0.6) is 0 Å². The van der Waals surface area contributed by atoms with Gasteiger partial charge in [-0.3, -0.25) is 0 Å². The van der Waals surface area contributed by atoms with Crippen LogP contribution in [0.2, 0.25) is 0 Å². The van der Waals surface area contributed by atoms with Crippen LogP contribution in [-0.4, -0.2) is 0 Å². The number of allylic oxidation sites excluding steroid dienone is 4. The first-order chi connectivity index (χ1) is 7.79. The maximum Gasteiger partial charge on any atom is -0.0139 e. The highest BCUT2D eigenvalue weighted by molar-refractivity contribution is 5.19. The molecule has 0 atom stereocenters. The molecule has 0 bridgehead atoms. The van der Waals surface area contributed by atoms with Crippen LogP contribution in [0.4, 0.5) is 0 Å². The molecule has 0 aromatic rings. The fraction of sp³-hybridized carbons (Fsp3) is 0.625. The van der Waals surface area contributed by atoms with Gasteiger partial charge >= 0.3 is 0 Å². The lowest BCUT2D eigenvalue weighted by atomic mass is 9.93. The fourth-order valence-corrected chi connectivity index (χ4v) is 1.98. The molecule has 16 heavy (non-hydrogen) atoms. The highest BCUT2D eigenvalue weighted by Crippen LogP contribution is 2.24. The maximum absolute atomic E-state index is 3.87. The van der Waals surface area contributed by atoms with E-state index in [1.807, 2.05) is 12.2 Å². The molecular weight excluding hydrogens is 192 g/mol. The molecule has 0 saturated heterocycles. The van der Waals surface area contributed by atoms with Gasteiger partial charge in [0.05, 0.1) is 0 Å². The van der Waals surface area contributed by atoms with Crippen molar-refractivity contribution < 1.29 is 0 Å². The molecule has 0 aliphatic heterocycles. The van der Waals surface area contributed by atoms with Crippen molar-refractivity contribution in [1.82, 2.24) is 0 Å². The standard InChI is InChI=1S/C16H28/c1-5-9-13-15(11-7-3)16(12-8-4)14-10-6-2/h7-8H,3-6,9-14H2,1-2H3/b16-15-. The summed E-state index contributed by atoms with van der Waals surface area (Å²) in [7, 11) is 0. The third-order valence-electron chi connectivity index (χ3n) is 2.95. The summed E-state index contributed by atoms with van der Waals surface area (Å²) in [6, 6.07) is 0. The Kier molecular flexibility index (Phi) is 10.2. The summed E-state index contributed by atoms with van der Waals surface area (Å²) >= 11 is 0. The van der Waals surface area contributed by atoms with Gasteiger partial charge in [-0.05, 0) is 38.5 Å². The number of hydrogen-bond donors (Lipinski definition) is 0. The van der Waals surface area contributed by atoms with Gasteiger partial charge in [0.15, 0.2) is 0 Å². The molecule has 0 unspecified atom stereocenters. The zero-order valence-corrected chi connectivity index (χ0v) is 11.2. The van der Waals surface area contributed by atoms with E-state index < -0.39 is 0 Å². The lowest BCUT2D eigenvalue weighted by Gasteiger charge is -2.13. The predicted molar refractivity (Wildman–Crippen MR) is 75.7 cm³/mol. The van der Waals surface area contributed by atoms with Crippen molar-refractivity contribution in [2.75, 3.05) is 0 Å². The SMILES string of the molecule is C=CC/C(CCCC)=C(\CC=C)CCCC. The molecular formula is C16H28. The van der Waals surface area contributed by atoms with Crippen LogP contribution >= 0.6 is 0 Å². The van der Waals surface area contributed by atoms with Crippen molar-refractivity contribution >= 4 is 0 Å². The zero-order chi connectivity index (χ0) is 12.2. The number of rotatable bonds is 10. The fourth-order valence-electron chi connectivity index (χ4n) is 1.98. The summed E-state index contributed by atoms with van der Waals surface area (Å²) in [5.74, 6) is 0. The average Bonchev–Trinajstić information content (AvgIpc) is 2.30. The van der Waals surface area contributed by atoms with Crippen molar-refractivity contribution in [2.45, 2.75) is 65.2 Å². The van der Waals surface area contributed by atoms with Crippen LogP contribution in [0.15, 0.2) is 36.5 Å². The number of unbranched alkanes of at least 4 members (excludes halogenated alkanes) is 2. The second kappa shape index (κ2) is 10.7. The molecule has 0 spiro atoms. The minimum atomic E-state index is 1.06. The van der Waals surface area contributed by atoms with Gasteiger partial charge in [0.1, 0.15) is 0 Å². The molecule has 0 radical (unpaired) electrons. The molecule has 0 amide bonds. The molecule has 0 aromatic carbocycles. The van der Waals surface area contributed by atoms with Crippen LogP contribution in [0, 0.1) is 0 Å². The molecule has 0 heterocycles. The largest absolute Gasteiger partial charge is 0.103 e. The third kappa shape index (κ3) is 6.66. The van der Waals surface area contributed by atoms with Crippen molar-refractivity contribution in [1.29, 1.82) is 0 Å². The highest BCUT2D eigenvalue weighted by atomic mass is 14.1. The van der Waals surface area contributed by atoms with Gasteiger partial charge in [-0.25, -0.2) is 0 Å². The van der Waals surface area contributed by atoms with E-state index in [0.29, 0.717) is 0 Å². The zero-order valence-electron chi connectivity index (χ0n) is 11.2. The van der Waals surface area contributed by atoms with Crippen LogP contribution in [-0.2, 0) is 0 Å². The molecule has 0 aliphatic carbocycles. The van der Waals surface area contributed by atoms with Gasteiger partial charge in [-0.15, -0.1) is 13.2 Å². The quantitative estimate of drug-likeness (QED) is 0.407. The Labute approximate surface area is 102 Å². The molecule has 0 saturated carbocycles. The Morgan fingerprint density at radius 1 is 0.812 bits per heavy atom. The van der Waals surface area contributed by atoms with Gasteiger partial charge in [0.25, 0.3) is 0 Å². The highest BCUT2D eigenvalue weighted by Gasteiger charge is 2.04. The van der Waals surface area contributed by atoms with Crippen molar-refractivity contribution in [3.63, 3.8) is 0 Å². The van der Waals surface area contributed by atoms with E-state index in [4.69, 9.17) is 0 Å². The number of hydrogen-bond acceptors (Lipinski definition) is 0. The first kappa shape index (κ1) is 15.2. The first-order valence-corrected chi connectivity index (χ1v) is 6.71. The normalized spacial score (nSPS) is 12.1. The Hall–Kier alpha value is -0.780. The van der Waals surface area contributed by atoms with Gasteiger partial charge in [-0.1, -0.05) is 50.0 Å². The summed E-state index contributed by atoms with van der Waals surface area (Å²) < 4.78 is 0. The molecule has 92 valence electrons. The molecule has 0 aliphatic rings. The minimum Gasteiger partial charge on any atom is -0.103 e. The van der Waals surface area contributed by atoms with E-state index in [2.05, 4.69) is 27.0 Å². The van der Waals surface area contributed by atoms with Crippen LogP contribution in [0.1, 0.15) is 65.2 Å². The van der Waals surface area contributed by atoms with E-state index in [0.717, 1.165) is 12.8 Å². The predicted octanol–water partition coefficient (Wildman–Crippen LogP) is 5.82. The van der Waals surface area contributed by atoms with Crippen molar-refractivity contribution in [3.8, 4) is 0 Å². The van der Waals surface area contributed by atoms with E-state index in [1.165, 1.54) is 38.5 Å². The third-order valence-corrected chi connectivity index (χ3v) is 2.95. The Morgan fingerprint density at radius 3 is 1.44 bits per heavy atom. The van der Waals surface area contributed by atoms with Crippen LogP contribution in [0.25, 0.3) is 0 Å². The van der Waals surface area contributed by atoms with Crippen LogP contribution < -0.4 is 0 Å². The van der Waals surface area contributed by atoms with E-state index in [9.17, 15) is 0 Å². The first-order valence-electron chi connectivity index (χ1n) is 6.71. The van der Waals surface area contributed by atoms with Gasteiger partial charge < -0.3 is 0 Å².